The van der Waals surface area contributed by atoms with Crippen LogP contribution in [0.25, 0.3) is 0 Å². The Balaban J connectivity index is 2.71. The fourth-order valence-corrected chi connectivity index (χ4v) is 2.11. The average Bonchev–Trinajstić information content (AvgIpc) is 2.77. The molecule has 0 aliphatic heterocycles. The lowest BCUT2D eigenvalue weighted by atomic mass is 10.4. The van der Waals surface area contributed by atoms with Gasteiger partial charge in [-0.05, 0) is 12.1 Å². The first-order valence-electron chi connectivity index (χ1n) is 4.86. The second-order valence-electron chi connectivity index (χ2n) is 3.38. The summed E-state index contributed by atoms with van der Waals surface area (Å²) >= 11 is 0. The zero-order chi connectivity index (χ0) is 13.8. The smallest absolute Gasteiger partial charge is 0.371 e. The summed E-state index contributed by atoms with van der Waals surface area (Å²) in [6.45, 7) is -0.291. The van der Waals surface area contributed by atoms with Gasteiger partial charge in [-0.25, -0.2) is 17.9 Å². The summed E-state index contributed by atoms with van der Waals surface area (Å²) in [5.74, 6) is -1.84. The van der Waals surface area contributed by atoms with E-state index in [1.165, 1.54) is 7.11 Å². The van der Waals surface area contributed by atoms with Crippen LogP contribution < -0.4 is 4.72 Å². The number of furan rings is 1. The Morgan fingerprint density at radius 3 is 2.72 bits per heavy atom. The van der Waals surface area contributed by atoms with Gasteiger partial charge in [0.2, 0.25) is 10.9 Å². The van der Waals surface area contributed by atoms with Crippen LogP contribution in [0.1, 0.15) is 10.6 Å². The number of aromatic carboxylic acids is 1. The molecule has 0 aromatic carbocycles. The van der Waals surface area contributed by atoms with E-state index in [2.05, 4.69) is 13.9 Å². The molecule has 0 aliphatic rings. The zero-order valence-electron chi connectivity index (χ0n) is 9.49. The standard InChI is InChI=1S/C9H13NO7S/c1-16-5-6(11)4-10-18(14,15)8-3-2-7(17-8)9(12)13/h2-3,6,10-11H,4-5H2,1H3,(H,12,13). The summed E-state index contributed by atoms with van der Waals surface area (Å²) in [7, 11) is -2.62. The molecule has 1 aromatic rings. The number of sulfonamides is 1. The van der Waals surface area contributed by atoms with Gasteiger partial charge in [-0.1, -0.05) is 0 Å². The first-order valence-corrected chi connectivity index (χ1v) is 6.35. The highest BCUT2D eigenvalue weighted by atomic mass is 32.2. The number of aliphatic hydroxyl groups excluding tert-OH is 1. The van der Waals surface area contributed by atoms with E-state index < -0.39 is 32.9 Å². The summed E-state index contributed by atoms with van der Waals surface area (Å²) in [6.07, 6.45) is -1.00. The molecule has 0 fully saturated rings. The fraction of sp³-hybridized carbons (Fsp3) is 0.444. The van der Waals surface area contributed by atoms with E-state index in [4.69, 9.17) is 5.11 Å². The van der Waals surface area contributed by atoms with E-state index in [0.29, 0.717) is 0 Å². The van der Waals surface area contributed by atoms with Crippen molar-refractivity contribution in [1.82, 2.24) is 4.72 Å². The maximum Gasteiger partial charge on any atom is 0.371 e. The van der Waals surface area contributed by atoms with Gasteiger partial charge in [0.1, 0.15) is 0 Å². The van der Waals surface area contributed by atoms with Gasteiger partial charge >= 0.3 is 5.97 Å². The van der Waals surface area contributed by atoms with Gasteiger partial charge in [-0.2, -0.15) is 0 Å². The van der Waals surface area contributed by atoms with Crippen LogP contribution in [-0.2, 0) is 14.8 Å². The second kappa shape index (κ2) is 5.96. The van der Waals surface area contributed by atoms with Gasteiger partial charge < -0.3 is 19.4 Å². The molecule has 0 spiro atoms. The Hall–Kier alpha value is -1.42. The molecule has 18 heavy (non-hydrogen) atoms. The average molecular weight is 279 g/mol. The quantitative estimate of drug-likeness (QED) is 0.600. The third kappa shape index (κ3) is 3.81. The molecule has 1 atom stereocenters. The molecular formula is C9H13NO7S. The topological polar surface area (TPSA) is 126 Å². The third-order valence-electron chi connectivity index (χ3n) is 1.93. The molecule has 0 radical (unpaired) electrons. The summed E-state index contributed by atoms with van der Waals surface area (Å²) in [5.41, 5.74) is 0. The van der Waals surface area contributed by atoms with Crippen LogP contribution in [-0.4, -0.2) is 51.0 Å². The van der Waals surface area contributed by atoms with Crippen LogP contribution in [0.4, 0.5) is 0 Å². The molecule has 0 saturated heterocycles. The Bertz CT molecular complexity index is 507. The van der Waals surface area contributed by atoms with Gasteiger partial charge in [-0.3, -0.25) is 0 Å². The van der Waals surface area contributed by atoms with Crippen LogP contribution in [0.5, 0.6) is 0 Å². The number of carboxylic acid groups (broad SMARTS) is 1. The molecule has 0 aliphatic carbocycles. The monoisotopic (exact) mass is 279 g/mol. The van der Waals surface area contributed by atoms with Crippen LogP contribution >= 0.6 is 0 Å². The van der Waals surface area contributed by atoms with Crippen LogP contribution in [0.2, 0.25) is 0 Å². The molecule has 102 valence electrons. The van der Waals surface area contributed by atoms with Gasteiger partial charge in [0, 0.05) is 13.7 Å². The molecule has 1 rings (SSSR count). The van der Waals surface area contributed by atoms with Crippen LogP contribution in [0.15, 0.2) is 21.6 Å². The van der Waals surface area contributed by atoms with Crippen molar-refractivity contribution in [3.05, 3.63) is 17.9 Å². The lowest BCUT2D eigenvalue weighted by Crippen LogP contribution is -2.34. The minimum Gasteiger partial charge on any atom is -0.475 e. The molecule has 9 heteroatoms. The van der Waals surface area contributed by atoms with E-state index in [1.54, 1.807) is 0 Å². The van der Waals surface area contributed by atoms with E-state index in [0.717, 1.165) is 12.1 Å². The number of nitrogens with one attached hydrogen (secondary N) is 1. The van der Waals surface area contributed by atoms with Crippen molar-refractivity contribution >= 4 is 16.0 Å². The van der Waals surface area contributed by atoms with E-state index in [1.807, 2.05) is 0 Å². The molecular weight excluding hydrogens is 266 g/mol. The minimum absolute atomic E-state index is 0.0267. The van der Waals surface area contributed by atoms with Crippen molar-refractivity contribution < 1.29 is 32.6 Å². The normalized spacial score (nSPS) is 13.4. The first-order chi connectivity index (χ1) is 8.36. The fourth-order valence-electron chi connectivity index (χ4n) is 1.11. The van der Waals surface area contributed by atoms with Crippen molar-refractivity contribution in [3.8, 4) is 0 Å². The largest absolute Gasteiger partial charge is 0.475 e. The lowest BCUT2D eigenvalue weighted by molar-refractivity contribution is 0.0654. The van der Waals surface area contributed by atoms with E-state index in [9.17, 15) is 18.3 Å². The van der Waals surface area contributed by atoms with Crippen LogP contribution in [0.3, 0.4) is 0 Å². The first kappa shape index (κ1) is 14.6. The molecule has 0 saturated carbocycles. The summed E-state index contributed by atoms with van der Waals surface area (Å²) in [5, 5.41) is 17.3. The summed E-state index contributed by atoms with van der Waals surface area (Å²) < 4.78 is 34.6. The maximum absolute atomic E-state index is 11.6. The predicted molar refractivity (Wildman–Crippen MR) is 58.7 cm³/mol. The number of ether oxygens (including phenoxy) is 1. The number of aliphatic hydroxyl groups is 1. The number of hydrogen-bond donors (Lipinski definition) is 3. The Morgan fingerprint density at radius 1 is 1.56 bits per heavy atom. The van der Waals surface area contributed by atoms with Gasteiger partial charge in [0.15, 0.2) is 0 Å². The predicted octanol–water partition coefficient (Wildman–Crippen LogP) is -0.737. The van der Waals surface area contributed by atoms with Gasteiger partial charge in [0.05, 0.1) is 12.7 Å². The van der Waals surface area contributed by atoms with E-state index in [-0.39, 0.29) is 13.2 Å². The highest BCUT2D eigenvalue weighted by Gasteiger charge is 2.21. The maximum atomic E-state index is 11.6. The van der Waals surface area contributed by atoms with Crippen molar-refractivity contribution in [2.24, 2.45) is 0 Å². The number of rotatable bonds is 7. The molecule has 3 N–H and O–H groups in total. The van der Waals surface area contributed by atoms with Gasteiger partial charge in [0.25, 0.3) is 10.0 Å². The SMILES string of the molecule is COCC(O)CNS(=O)(=O)c1ccc(C(=O)O)o1. The molecule has 0 amide bonds. The van der Waals surface area contributed by atoms with Crippen molar-refractivity contribution in [1.29, 1.82) is 0 Å². The van der Waals surface area contributed by atoms with Crippen LogP contribution in [0, 0.1) is 0 Å². The van der Waals surface area contributed by atoms with E-state index >= 15 is 0 Å². The molecule has 1 aromatic heterocycles. The Kier molecular flexibility index (Phi) is 4.84. The Labute approximate surface area is 103 Å². The van der Waals surface area contributed by atoms with Gasteiger partial charge in [-0.15, -0.1) is 0 Å². The highest BCUT2D eigenvalue weighted by Crippen LogP contribution is 2.13. The third-order valence-corrected chi connectivity index (χ3v) is 3.22. The Morgan fingerprint density at radius 2 is 2.22 bits per heavy atom. The molecule has 1 unspecified atom stereocenters. The molecule has 1 heterocycles. The summed E-state index contributed by atoms with van der Waals surface area (Å²) in [6, 6.07) is 2.05. The van der Waals surface area contributed by atoms with Crippen molar-refractivity contribution in [2.75, 3.05) is 20.3 Å². The zero-order valence-corrected chi connectivity index (χ0v) is 10.3. The number of methoxy groups -OCH3 is 1. The summed E-state index contributed by atoms with van der Waals surface area (Å²) in [4.78, 5) is 10.5. The minimum atomic E-state index is -3.98. The molecule has 8 nitrogen and oxygen atoms in total. The lowest BCUT2D eigenvalue weighted by Gasteiger charge is -2.09. The highest BCUT2D eigenvalue weighted by molar-refractivity contribution is 7.89. The molecule has 0 bridgehead atoms. The number of hydrogen-bond acceptors (Lipinski definition) is 6. The number of carboxylic acids is 1. The van der Waals surface area contributed by atoms with Crippen molar-refractivity contribution in [3.63, 3.8) is 0 Å². The van der Waals surface area contributed by atoms with Crippen molar-refractivity contribution in [2.45, 2.75) is 11.2 Å². The number of carbonyl (C=O) groups is 1. The second-order valence-corrected chi connectivity index (χ2v) is 5.08.